The highest BCUT2D eigenvalue weighted by Gasteiger charge is 2.07. The van der Waals surface area contributed by atoms with Gasteiger partial charge in [0.25, 0.3) is 5.91 Å². The Kier molecular flexibility index (Phi) is 5.65. The van der Waals surface area contributed by atoms with Gasteiger partial charge in [0.15, 0.2) is 0 Å². The Labute approximate surface area is 151 Å². The maximum absolute atomic E-state index is 12.3. The summed E-state index contributed by atoms with van der Waals surface area (Å²) in [6, 6.07) is 20.8. The molecule has 0 radical (unpaired) electrons. The average Bonchev–Trinajstić information content (AvgIpc) is 2.66. The van der Waals surface area contributed by atoms with Crippen LogP contribution in [0.2, 0.25) is 5.02 Å². The van der Waals surface area contributed by atoms with E-state index in [4.69, 9.17) is 11.6 Å². The SMILES string of the molecule is O=C(NCc1ccccc1)c1ccnc(NCc2ccccc2Cl)c1. The molecule has 1 heterocycles. The molecule has 25 heavy (non-hydrogen) atoms. The molecule has 0 aliphatic rings. The predicted octanol–water partition coefficient (Wildman–Crippen LogP) is 4.28. The summed E-state index contributed by atoms with van der Waals surface area (Å²) < 4.78 is 0. The van der Waals surface area contributed by atoms with Gasteiger partial charge in [0.2, 0.25) is 0 Å². The molecule has 0 aliphatic heterocycles. The monoisotopic (exact) mass is 351 g/mol. The number of anilines is 1. The molecule has 0 saturated heterocycles. The number of halogens is 1. The minimum absolute atomic E-state index is 0.132. The van der Waals surface area contributed by atoms with Crippen LogP contribution in [0.15, 0.2) is 72.9 Å². The van der Waals surface area contributed by atoms with Crippen molar-refractivity contribution < 1.29 is 4.79 Å². The predicted molar refractivity (Wildman–Crippen MR) is 101 cm³/mol. The topological polar surface area (TPSA) is 54.0 Å². The van der Waals surface area contributed by atoms with E-state index >= 15 is 0 Å². The number of aromatic nitrogens is 1. The molecule has 0 fully saturated rings. The second-order valence-electron chi connectivity index (χ2n) is 5.54. The van der Waals surface area contributed by atoms with Gasteiger partial charge in [-0.2, -0.15) is 0 Å². The third kappa shape index (κ3) is 4.81. The molecular weight excluding hydrogens is 334 g/mol. The Bertz CT molecular complexity index is 852. The fourth-order valence-corrected chi connectivity index (χ4v) is 2.58. The number of nitrogens with one attached hydrogen (secondary N) is 2. The highest BCUT2D eigenvalue weighted by atomic mass is 35.5. The Balaban J connectivity index is 1.61. The number of carbonyl (C=O) groups is 1. The van der Waals surface area contributed by atoms with Crippen molar-refractivity contribution in [2.24, 2.45) is 0 Å². The Morgan fingerprint density at radius 2 is 1.72 bits per heavy atom. The van der Waals surface area contributed by atoms with Crippen molar-refractivity contribution in [1.82, 2.24) is 10.3 Å². The molecule has 2 aromatic carbocycles. The summed E-state index contributed by atoms with van der Waals surface area (Å²) in [5, 5.41) is 6.81. The summed E-state index contributed by atoms with van der Waals surface area (Å²) in [6.07, 6.45) is 1.62. The molecule has 5 heteroatoms. The van der Waals surface area contributed by atoms with Gasteiger partial charge in [-0.25, -0.2) is 4.98 Å². The van der Waals surface area contributed by atoms with Crippen molar-refractivity contribution >= 4 is 23.3 Å². The number of rotatable bonds is 6. The molecular formula is C20H18ClN3O. The minimum atomic E-state index is -0.132. The molecule has 1 aromatic heterocycles. The van der Waals surface area contributed by atoms with Crippen LogP contribution in [0, 0.1) is 0 Å². The van der Waals surface area contributed by atoms with Gasteiger partial charge < -0.3 is 10.6 Å². The molecule has 2 N–H and O–H groups in total. The molecule has 1 amide bonds. The zero-order valence-electron chi connectivity index (χ0n) is 13.6. The first kappa shape index (κ1) is 17.0. The normalized spacial score (nSPS) is 10.3. The Hall–Kier alpha value is -2.85. The van der Waals surface area contributed by atoms with Crippen LogP contribution in [-0.4, -0.2) is 10.9 Å². The minimum Gasteiger partial charge on any atom is -0.366 e. The van der Waals surface area contributed by atoms with E-state index in [2.05, 4.69) is 15.6 Å². The summed E-state index contributed by atoms with van der Waals surface area (Å²) in [4.78, 5) is 16.6. The highest BCUT2D eigenvalue weighted by molar-refractivity contribution is 6.31. The van der Waals surface area contributed by atoms with E-state index in [1.165, 1.54) is 0 Å². The first-order valence-corrected chi connectivity index (χ1v) is 8.35. The smallest absolute Gasteiger partial charge is 0.251 e. The molecule has 0 unspecified atom stereocenters. The third-order valence-corrected chi connectivity index (χ3v) is 4.10. The molecule has 3 aromatic rings. The second-order valence-corrected chi connectivity index (χ2v) is 5.95. The molecule has 0 aliphatic carbocycles. The van der Waals surface area contributed by atoms with Crippen molar-refractivity contribution in [2.75, 3.05) is 5.32 Å². The number of benzene rings is 2. The number of hydrogen-bond acceptors (Lipinski definition) is 3. The fourth-order valence-electron chi connectivity index (χ4n) is 2.38. The number of amides is 1. The summed E-state index contributed by atoms with van der Waals surface area (Å²) in [6.45, 7) is 1.03. The van der Waals surface area contributed by atoms with Crippen LogP contribution in [0.25, 0.3) is 0 Å². The van der Waals surface area contributed by atoms with Gasteiger partial charge >= 0.3 is 0 Å². The standard InChI is InChI=1S/C20H18ClN3O/c21-18-9-5-4-8-17(18)14-23-19-12-16(10-11-22-19)20(25)24-13-15-6-2-1-3-7-15/h1-12H,13-14H2,(H,22,23)(H,24,25). The van der Waals surface area contributed by atoms with Crippen molar-refractivity contribution in [1.29, 1.82) is 0 Å². The van der Waals surface area contributed by atoms with Crippen molar-refractivity contribution in [3.63, 3.8) is 0 Å². The first-order chi connectivity index (χ1) is 12.2. The van der Waals surface area contributed by atoms with E-state index in [0.717, 1.165) is 11.1 Å². The Morgan fingerprint density at radius 1 is 0.960 bits per heavy atom. The van der Waals surface area contributed by atoms with Crippen molar-refractivity contribution in [3.8, 4) is 0 Å². The van der Waals surface area contributed by atoms with Crippen LogP contribution in [-0.2, 0) is 13.1 Å². The summed E-state index contributed by atoms with van der Waals surface area (Å²) >= 11 is 6.15. The zero-order chi connectivity index (χ0) is 17.5. The molecule has 3 rings (SSSR count). The fraction of sp³-hybridized carbons (Fsp3) is 0.100. The van der Waals surface area contributed by atoms with E-state index in [-0.39, 0.29) is 5.91 Å². The van der Waals surface area contributed by atoms with Crippen LogP contribution < -0.4 is 10.6 Å². The Morgan fingerprint density at radius 3 is 2.52 bits per heavy atom. The van der Waals surface area contributed by atoms with Gasteiger partial charge in [0.05, 0.1) is 0 Å². The summed E-state index contributed by atoms with van der Waals surface area (Å²) in [5.74, 6) is 0.499. The number of carbonyl (C=O) groups excluding carboxylic acids is 1. The van der Waals surface area contributed by atoms with Gasteiger partial charge in [0, 0.05) is 29.9 Å². The second kappa shape index (κ2) is 8.31. The van der Waals surface area contributed by atoms with E-state index in [0.29, 0.717) is 29.5 Å². The summed E-state index contributed by atoms with van der Waals surface area (Å²) in [5.41, 5.74) is 2.60. The highest BCUT2D eigenvalue weighted by Crippen LogP contribution is 2.16. The molecule has 0 spiro atoms. The van der Waals surface area contributed by atoms with E-state index in [1.54, 1.807) is 18.3 Å². The molecule has 0 atom stereocenters. The van der Waals surface area contributed by atoms with Gasteiger partial charge in [-0.3, -0.25) is 4.79 Å². The lowest BCUT2D eigenvalue weighted by molar-refractivity contribution is 0.0951. The summed E-state index contributed by atoms with van der Waals surface area (Å²) in [7, 11) is 0. The lowest BCUT2D eigenvalue weighted by atomic mass is 10.2. The van der Waals surface area contributed by atoms with Crippen molar-refractivity contribution in [3.05, 3.63) is 94.6 Å². The van der Waals surface area contributed by atoms with Crippen LogP contribution in [0.1, 0.15) is 21.5 Å². The van der Waals surface area contributed by atoms with E-state index < -0.39 is 0 Å². The van der Waals surface area contributed by atoms with Gasteiger partial charge in [0.1, 0.15) is 5.82 Å². The van der Waals surface area contributed by atoms with Crippen LogP contribution in [0.3, 0.4) is 0 Å². The third-order valence-electron chi connectivity index (χ3n) is 3.74. The lowest BCUT2D eigenvalue weighted by Crippen LogP contribution is -2.22. The van der Waals surface area contributed by atoms with E-state index in [1.807, 2.05) is 54.6 Å². The number of nitrogens with zero attached hydrogens (tertiary/aromatic N) is 1. The molecule has 0 saturated carbocycles. The number of hydrogen-bond donors (Lipinski definition) is 2. The average molecular weight is 352 g/mol. The van der Waals surface area contributed by atoms with Crippen molar-refractivity contribution in [2.45, 2.75) is 13.1 Å². The van der Waals surface area contributed by atoms with Crippen LogP contribution in [0.4, 0.5) is 5.82 Å². The van der Waals surface area contributed by atoms with Crippen LogP contribution in [0.5, 0.6) is 0 Å². The molecule has 126 valence electrons. The quantitative estimate of drug-likeness (QED) is 0.697. The van der Waals surface area contributed by atoms with Gasteiger partial charge in [-0.05, 0) is 29.3 Å². The first-order valence-electron chi connectivity index (χ1n) is 7.98. The van der Waals surface area contributed by atoms with Gasteiger partial charge in [-0.15, -0.1) is 0 Å². The molecule has 4 nitrogen and oxygen atoms in total. The maximum atomic E-state index is 12.3. The van der Waals surface area contributed by atoms with Crippen LogP contribution >= 0.6 is 11.6 Å². The van der Waals surface area contributed by atoms with Gasteiger partial charge in [-0.1, -0.05) is 60.1 Å². The van der Waals surface area contributed by atoms with E-state index in [9.17, 15) is 4.79 Å². The zero-order valence-corrected chi connectivity index (χ0v) is 14.3. The molecule has 0 bridgehead atoms. The largest absolute Gasteiger partial charge is 0.366 e. The number of pyridine rings is 1. The maximum Gasteiger partial charge on any atom is 0.251 e. The lowest BCUT2D eigenvalue weighted by Gasteiger charge is -2.09.